The van der Waals surface area contributed by atoms with E-state index in [9.17, 15) is 9.59 Å². The monoisotopic (exact) mass is 295 g/mol. The molecule has 112 valence electrons. The molecule has 0 spiro atoms. The predicted octanol–water partition coefficient (Wildman–Crippen LogP) is 2.38. The molecule has 1 aliphatic heterocycles. The van der Waals surface area contributed by atoms with E-state index in [2.05, 4.69) is 10.3 Å². The first kappa shape index (κ1) is 14.3. The zero-order chi connectivity index (χ0) is 15.5. The lowest BCUT2D eigenvalue weighted by atomic mass is 10.1. The van der Waals surface area contributed by atoms with Crippen LogP contribution in [0.3, 0.4) is 0 Å². The summed E-state index contributed by atoms with van der Waals surface area (Å²) in [5.74, 6) is -0.495. The minimum absolute atomic E-state index is 0.0133. The van der Waals surface area contributed by atoms with Gasteiger partial charge in [0.25, 0.3) is 0 Å². The van der Waals surface area contributed by atoms with E-state index in [1.165, 1.54) is 0 Å². The Bertz CT molecular complexity index is 700. The highest BCUT2D eigenvalue weighted by molar-refractivity contribution is 6.03. The van der Waals surface area contributed by atoms with E-state index in [-0.39, 0.29) is 24.2 Å². The Balaban J connectivity index is 1.72. The average Bonchev–Trinajstić information content (AvgIpc) is 2.91. The molecule has 3 rings (SSSR count). The van der Waals surface area contributed by atoms with Gasteiger partial charge in [0.15, 0.2) is 0 Å². The van der Waals surface area contributed by atoms with Crippen LogP contribution in [0.5, 0.6) is 0 Å². The summed E-state index contributed by atoms with van der Waals surface area (Å²) in [4.78, 5) is 30.2. The molecule has 0 bridgehead atoms. The summed E-state index contributed by atoms with van der Waals surface area (Å²) in [5.41, 5.74) is 2.56. The molecule has 1 aromatic carbocycles. The molecule has 1 atom stereocenters. The van der Waals surface area contributed by atoms with Gasteiger partial charge in [-0.2, -0.15) is 0 Å². The number of anilines is 2. The lowest BCUT2D eigenvalue weighted by Crippen LogP contribution is -2.28. The van der Waals surface area contributed by atoms with Crippen molar-refractivity contribution in [2.75, 3.05) is 16.8 Å². The van der Waals surface area contributed by atoms with Gasteiger partial charge in [-0.1, -0.05) is 18.2 Å². The van der Waals surface area contributed by atoms with Crippen molar-refractivity contribution in [2.24, 2.45) is 5.92 Å². The van der Waals surface area contributed by atoms with Crippen LogP contribution in [-0.2, 0) is 9.59 Å². The van der Waals surface area contributed by atoms with E-state index >= 15 is 0 Å². The molecule has 0 aliphatic carbocycles. The van der Waals surface area contributed by atoms with Crippen molar-refractivity contribution in [2.45, 2.75) is 13.3 Å². The molecule has 1 aromatic heterocycles. The highest BCUT2D eigenvalue weighted by Crippen LogP contribution is 2.28. The van der Waals surface area contributed by atoms with Gasteiger partial charge in [0.2, 0.25) is 11.8 Å². The summed E-state index contributed by atoms with van der Waals surface area (Å²) in [6.45, 7) is 2.38. The van der Waals surface area contributed by atoms with Crippen LogP contribution in [-0.4, -0.2) is 23.3 Å². The number of nitrogens with zero attached hydrogens (tertiary/aromatic N) is 2. The fraction of sp³-hybridized carbons (Fsp3) is 0.235. The largest absolute Gasteiger partial charge is 0.324 e. The summed E-state index contributed by atoms with van der Waals surface area (Å²) in [7, 11) is 0. The molecule has 22 heavy (non-hydrogen) atoms. The molecule has 5 heteroatoms. The van der Waals surface area contributed by atoms with Crippen molar-refractivity contribution >= 4 is 23.2 Å². The van der Waals surface area contributed by atoms with Crippen molar-refractivity contribution in [3.63, 3.8) is 0 Å². The smallest absolute Gasteiger partial charge is 0.229 e. The van der Waals surface area contributed by atoms with Crippen molar-refractivity contribution in [3.05, 3.63) is 54.4 Å². The molecule has 1 aliphatic rings. The van der Waals surface area contributed by atoms with E-state index in [4.69, 9.17) is 0 Å². The molecule has 2 amide bonds. The lowest BCUT2D eigenvalue weighted by molar-refractivity contribution is -0.122. The van der Waals surface area contributed by atoms with Crippen LogP contribution in [0.4, 0.5) is 11.4 Å². The van der Waals surface area contributed by atoms with Crippen molar-refractivity contribution in [3.8, 4) is 0 Å². The lowest BCUT2D eigenvalue weighted by Gasteiger charge is -2.18. The van der Waals surface area contributed by atoms with Gasteiger partial charge >= 0.3 is 0 Å². The molecule has 1 unspecified atom stereocenters. The molecule has 1 saturated heterocycles. The SMILES string of the molecule is Cc1ccccc1N1CC(C(=O)Nc2cccnc2)CC1=O. The third kappa shape index (κ3) is 2.83. The molecular weight excluding hydrogens is 278 g/mol. The van der Waals surface area contributed by atoms with Crippen LogP contribution >= 0.6 is 0 Å². The zero-order valence-corrected chi connectivity index (χ0v) is 12.3. The maximum absolute atomic E-state index is 12.3. The predicted molar refractivity (Wildman–Crippen MR) is 84.5 cm³/mol. The Morgan fingerprint density at radius 3 is 2.82 bits per heavy atom. The molecule has 5 nitrogen and oxygen atoms in total. The molecule has 2 aromatic rings. The van der Waals surface area contributed by atoms with Gasteiger partial charge in [-0.05, 0) is 30.7 Å². The molecule has 2 heterocycles. The van der Waals surface area contributed by atoms with Gasteiger partial charge in [-0.3, -0.25) is 14.6 Å². The highest BCUT2D eigenvalue weighted by Gasteiger charge is 2.35. The van der Waals surface area contributed by atoms with Gasteiger partial charge in [-0.25, -0.2) is 0 Å². The minimum Gasteiger partial charge on any atom is -0.324 e. The quantitative estimate of drug-likeness (QED) is 0.945. The van der Waals surface area contributed by atoms with Crippen LogP contribution in [0.1, 0.15) is 12.0 Å². The number of rotatable bonds is 3. The third-order valence-electron chi connectivity index (χ3n) is 3.83. The Kier molecular flexibility index (Phi) is 3.87. The second-order valence-corrected chi connectivity index (χ2v) is 5.42. The van der Waals surface area contributed by atoms with Crippen LogP contribution in [0, 0.1) is 12.8 Å². The van der Waals surface area contributed by atoms with Crippen LogP contribution in [0.15, 0.2) is 48.8 Å². The van der Waals surface area contributed by atoms with Crippen molar-refractivity contribution in [1.82, 2.24) is 4.98 Å². The van der Waals surface area contributed by atoms with E-state index < -0.39 is 0 Å². The summed E-state index contributed by atoms with van der Waals surface area (Å²) in [5, 5.41) is 2.81. The number of carbonyl (C=O) groups is 2. The van der Waals surface area contributed by atoms with Gasteiger partial charge in [0.1, 0.15) is 0 Å². The maximum atomic E-state index is 12.3. The van der Waals surface area contributed by atoms with Gasteiger partial charge in [-0.15, -0.1) is 0 Å². The summed E-state index contributed by atoms with van der Waals surface area (Å²) >= 11 is 0. The number of aromatic nitrogens is 1. The summed E-state index contributed by atoms with van der Waals surface area (Å²) < 4.78 is 0. The Hall–Kier alpha value is -2.69. The second-order valence-electron chi connectivity index (χ2n) is 5.42. The van der Waals surface area contributed by atoms with Gasteiger partial charge < -0.3 is 10.2 Å². The Morgan fingerprint density at radius 1 is 1.27 bits per heavy atom. The molecule has 1 fully saturated rings. The van der Waals surface area contributed by atoms with Crippen LogP contribution in [0.25, 0.3) is 0 Å². The standard InChI is InChI=1S/C17H17N3O2/c1-12-5-2-3-7-15(12)20-11-13(9-16(20)21)17(22)19-14-6-4-8-18-10-14/h2-8,10,13H,9,11H2,1H3,(H,19,22). The first-order valence-electron chi connectivity index (χ1n) is 7.22. The number of para-hydroxylation sites is 1. The Morgan fingerprint density at radius 2 is 2.09 bits per heavy atom. The highest BCUT2D eigenvalue weighted by atomic mass is 16.2. The molecule has 0 radical (unpaired) electrons. The van der Waals surface area contributed by atoms with E-state index in [0.29, 0.717) is 12.2 Å². The second kappa shape index (κ2) is 5.97. The van der Waals surface area contributed by atoms with Gasteiger partial charge in [0.05, 0.1) is 17.8 Å². The zero-order valence-electron chi connectivity index (χ0n) is 12.3. The van der Waals surface area contributed by atoms with Crippen molar-refractivity contribution < 1.29 is 9.59 Å². The average molecular weight is 295 g/mol. The summed E-state index contributed by atoms with van der Waals surface area (Å²) in [6.07, 6.45) is 3.48. The normalized spacial score (nSPS) is 17.6. The number of benzene rings is 1. The topological polar surface area (TPSA) is 62.3 Å². The van der Waals surface area contributed by atoms with E-state index in [0.717, 1.165) is 11.3 Å². The Labute approximate surface area is 129 Å². The fourth-order valence-electron chi connectivity index (χ4n) is 2.66. The first-order valence-corrected chi connectivity index (χ1v) is 7.22. The van der Waals surface area contributed by atoms with Crippen LogP contribution < -0.4 is 10.2 Å². The third-order valence-corrected chi connectivity index (χ3v) is 3.83. The molecular formula is C17H17N3O2. The maximum Gasteiger partial charge on any atom is 0.229 e. The van der Waals surface area contributed by atoms with Crippen LogP contribution in [0.2, 0.25) is 0 Å². The number of hydrogen-bond acceptors (Lipinski definition) is 3. The van der Waals surface area contributed by atoms with Gasteiger partial charge in [0, 0.05) is 24.8 Å². The number of aryl methyl sites for hydroxylation is 1. The molecule has 0 saturated carbocycles. The fourth-order valence-corrected chi connectivity index (χ4v) is 2.66. The first-order chi connectivity index (χ1) is 10.6. The number of nitrogens with one attached hydrogen (secondary N) is 1. The van der Waals surface area contributed by atoms with E-state index in [1.54, 1.807) is 29.4 Å². The summed E-state index contributed by atoms with van der Waals surface area (Å²) in [6, 6.07) is 11.3. The minimum atomic E-state index is -0.340. The van der Waals surface area contributed by atoms with Crippen molar-refractivity contribution in [1.29, 1.82) is 0 Å². The molecule has 1 N–H and O–H groups in total. The number of pyridine rings is 1. The number of hydrogen-bond donors (Lipinski definition) is 1. The number of carbonyl (C=O) groups excluding carboxylic acids is 2. The number of amides is 2. The van der Waals surface area contributed by atoms with E-state index in [1.807, 2.05) is 31.2 Å².